The van der Waals surface area contributed by atoms with Gasteiger partial charge in [0, 0.05) is 33.4 Å². The monoisotopic (exact) mass is 313 g/mol. The normalized spacial score (nSPS) is 16.1. The number of nitrogens with zero attached hydrogens (tertiary/aromatic N) is 2. The van der Waals surface area contributed by atoms with Crippen LogP contribution in [0.15, 0.2) is 0 Å². The molecule has 0 aromatic carbocycles. The van der Waals surface area contributed by atoms with E-state index >= 15 is 0 Å². The first-order valence-corrected chi connectivity index (χ1v) is 8.06. The summed E-state index contributed by atoms with van der Waals surface area (Å²) in [6.45, 7) is 7.38. The fraction of sp³-hybridized carbons (Fsp3) is 0.714. The Morgan fingerprint density at radius 1 is 1.48 bits per heavy atom. The largest absolute Gasteiger partial charge is 0.385 e. The number of methoxy groups -OCH3 is 1. The first-order valence-electron chi connectivity index (χ1n) is 7.24. The molecule has 0 spiro atoms. The number of amides is 1. The molecular weight excluding hydrogens is 290 g/mol. The van der Waals surface area contributed by atoms with Crippen LogP contribution in [0.2, 0.25) is 0 Å². The molecule has 0 radical (unpaired) electrons. The van der Waals surface area contributed by atoms with Crippen molar-refractivity contribution in [3.63, 3.8) is 0 Å². The van der Waals surface area contributed by atoms with E-state index in [1.54, 1.807) is 7.11 Å². The minimum Gasteiger partial charge on any atom is -0.385 e. The van der Waals surface area contributed by atoms with Crippen molar-refractivity contribution >= 4 is 17.2 Å². The first kappa shape index (κ1) is 16.4. The number of carbonyl (C=O) groups is 1. The van der Waals surface area contributed by atoms with Gasteiger partial charge in [-0.2, -0.15) is 0 Å². The minimum atomic E-state index is -0.0330. The highest BCUT2D eigenvalue weighted by molar-refractivity contribution is 7.13. The van der Waals surface area contributed by atoms with Gasteiger partial charge in [0.05, 0.1) is 25.5 Å². The van der Waals surface area contributed by atoms with Crippen LogP contribution in [0.25, 0.3) is 0 Å². The fourth-order valence-corrected chi connectivity index (χ4v) is 3.20. The van der Waals surface area contributed by atoms with Crippen LogP contribution in [-0.4, -0.2) is 62.4 Å². The van der Waals surface area contributed by atoms with Gasteiger partial charge < -0.3 is 14.8 Å². The molecule has 0 bridgehead atoms. The maximum absolute atomic E-state index is 12.1. The molecule has 1 amide bonds. The second kappa shape index (κ2) is 8.43. The van der Waals surface area contributed by atoms with Crippen LogP contribution in [0.3, 0.4) is 0 Å². The first-order chi connectivity index (χ1) is 10.2. The highest BCUT2D eigenvalue weighted by Gasteiger charge is 2.17. The number of nitrogens with one attached hydrogen (secondary N) is 1. The van der Waals surface area contributed by atoms with Crippen molar-refractivity contribution in [2.75, 3.05) is 46.6 Å². The Hall–Kier alpha value is -1.02. The molecule has 7 heteroatoms. The number of hydrogen-bond donors (Lipinski definition) is 1. The molecule has 1 aliphatic heterocycles. The van der Waals surface area contributed by atoms with Crippen LogP contribution in [0.1, 0.15) is 26.8 Å². The molecule has 1 saturated heterocycles. The Balaban J connectivity index is 1.87. The minimum absolute atomic E-state index is 0.0330. The van der Waals surface area contributed by atoms with Gasteiger partial charge in [-0.25, -0.2) is 4.98 Å². The standard InChI is InChI=1S/C14H23N3O3S/c1-11-13(14(18)15-4-3-7-19-2)21-12(16-11)10-17-5-8-20-9-6-17/h3-10H2,1-2H3,(H,15,18). The molecule has 118 valence electrons. The predicted octanol–water partition coefficient (Wildman–Crippen LogP) is 1.05. The predicted molar refractivity (Wildman–Crippen MR) is 81.8 cm³/mol. The maximum atomic E-state index is 12.1. The average Bonchev–Trinajstić information content (AvgIpc) is 2.85. The number of aryl methyl sites for hydroxylation is 1. The molecule has 2 rings (SSSR count). The zero-order chi connectivity index (χ0) is 15.1. The van der Waals surface area contributed by atoms with Gasteiger partial charge in [-0.15, -0.1) is 11.3 Å². The van der Waals surface area contributed by atoms with Gasteiger partial charge >= 0.3 is 0 Å². The molecule has 1 aromatic heterocycles. The van der Waals surface area contributed by atoms with Crippen LogP contribution >= 0.6 is 11.3 Å². The summed E-state index contributed by atoms with van der Waals surface area (Å²) in [4.78, 5) is 19.7. The zero-order valence-electron chi connectivity index (χ0n) is 12.7. The SMILES string of the molecule is COCCCNC(=O)c1sc(CN2CCOCC2)nc1C. The van der Waals surface area contributed by atoms with Crippen molar-refractivity contribution in [1.29, 1.82) is 0 Å². The smallest absolute Gasteiger partial charge is 0.263 e. The highest BCUT2D eigenvalue weighted by atomic mass is 32.1. The Labute approximate surface area is 129 Å². The summed E-state index contributed by atoms with van der Waals surface area (Å²) in [5, 5.41) is 3.91. The van der Waals surface area contributed by atoms with Crippen molar-refractivity contribution in [3.8, 4) is 0 Å². The van der Waals surface area contributed by atoms with Gasteiger partial charge in [-0.1, -0.05) is 0 Å². The summed E-state index contributed by atoms with van der Waals surface area (Å²) >= 11 is 1.49. The Kier molecular flexibility index (Phi) is 6.56. The van der Waals surface area contributed by atoms with Crippen molar-refractivity contribution in [2.45, 2.75) is 19.9 Å². The van der Waals surface area contributed by atoms with Gasteiger partial charge in [-0.05, 0) is 13.3 Å². The van der Waals surface area contributed by atoms with E-state index in [4.69, 9.17) is 9.47 Å². The lowest BCUT2D eigenvalue weighted by atomic mass is 10.3. The average molecular weight is 313 g/mol. The number of carbonyl (C=O) groups excluding carboxylic acids is 1. The van der Waals surface area contributed by atoms with Gasteiger partial charge in [0.1, 0.15) is 9.88 Å². The molecule has 1 aromatic rings. The van der Waals surface area contributed by atoms with Gasteiger partial charge in [0.15, 0.2) is 0 Å². The summed E-state index contributed by atoms with van der Waals surface area (Å²) < 4.78 is 10.3. The summed E-state index contributed by atoms with van der Waals surface area (Å²) in [6, 6.07) is 0. The van der Waals surface area contributed by atoms with Crippen molar-refractivity contribution in [1.82, 2.24) is 15.2 Å². The third-order valence-corrected chi connectivity index (χ3v) is 4.46. The van der Waals surface area contributed by atoms with Gasteiger partial charge in [-0.3, -0.25) is 9.69 Å². The number of aromatic nitrogens is 1. The van der Waals surface area contributed by atoms with Crippen LogP contribution < -0.4 is 5.32 Å². The second-order valence-corrected chi connectivity index (χ2v) is 6.10. The summed E-state index contributed by atoms with van der Waals surface area (Å²) in [5.74, 6) is -0.0330. The molecular formula is C14H23N3O3S. The number of ether oxygens (including phenoxy) is 2. The molecule has 2 heterocycles. The molecule has 21 heavy (non-hydrogen) atoms. The van der Waals surface area contributed by atoms with E-state index in [9.17, 15) is 4.79 Å². The molecule has 1 fully saturated rings. The molecule has 1 aliphatic rings. The number of thiazole rings is 1. The van der Waals surface area contributed by atoms with E-state index < -0.39 is 0 Å². The molecule has 0 aliphatic carbocycles. The van der Waals surface area contributed by atoms with E-state index in [0.717, 1.165) is 54.8 Å². The third-order valence-electron chi connectivity index (χ3n) is 3.32. The summed E-state index contributed by atoms with van der Waals surface area (Å²) in [7, 11) is 1.66. The number of rotatable bonds is 7. The Morgan fingerprint density at radius 3 is 2.95 bits per heavy atom. The number of hydrogen-bond acceptors (Lipinski definition) is 6. The van der Waals surface area contributed by atoms with Crippen LogP contribution in [0.5, 0.6) is 0 Å². The summed E-state index contributed by atoms with van der Waals surface area (Å²) in [6.07, 6.45) is 0.820. The van der Waals surface area contributed by atoms with E-state index in [-0.39, 0.29) is 5.91 Å². The van der Waals surface area contributed by atoms with Crippen molar-refractivity contribution in [2.24, 2.45) is 0 Å². The van der Waals surface area contributed by atoms with E-state index in [2.05, 4.69) is 15.2 Å². The van der Waals surface area contributed by atoms with E-state index in [1.165, 1.54) is 11.3 Å². The van der Waals surface area contributed by atoms with Gasteiger partial charge in [0.25, 0.3) is 5.91 Å². The Morgan fingerprint density at radius 2 is 2.24 bits per heavy atom. The highest BCUT2D eigenvalue weighted by Crippen LogP contribution is 2.20. The van der Waals surface area contributed by atoms with E-state index in [0.29, 0.717) is 13.2 Å². The van der Waals surface area contributed by atoms with Gasteiger partial charge in [0.2, 0.25) is 0 Å². The molecule has 0 atom stereocenters. The fourth-order valence-electron chi connectivity index (χ4n) is 2.18. The molecule has 0 saturated carbocycles. The van der Waals surface area contributed by atoms with Crippen molar-refractivity contribution in [3.05, 3.63) is 15.6 Å². The van der Waals surface area contributed by atoms with Crippen LogP contribution in [0.4, 0.5) is 0 Å². The summed E-state index contributed by atoms with van der Waals surface area (Å²) in [5.41, 5.74) is 0.813. The lowest BCUT2D eigenvalue weighted by Crippen LogP contribution is -2.35. The molecule has 0 unspecified atom stereocenters. The quantitative estimate of drug-likeness (QED) is 0.762. The second-order valence-electron chi connectivity index (χ2n) is 5.01. The molecule has 1 N–H and O–H groups in total. The molecule has 6 nitrogen and oxygen atoms in total. The van der Waals surface area contributed by atoms with Crippen LogP contribution in [-0.2, 0) is 16.0 Å². The zero-order valence-corrected chi connectivity index (χ0v) is 13.5. The topological polar surface area (TPSA) is 63.7 Å². The number of morpholine rings is 1. The maximum Gasteiger partial charge on any atom is 0.263 e. The van der Waals surface area contributed by atoms with E-state index in [1.807, 2.05) is 6.92 Å². The lowest BCUT2D eigenvalue weighted by Gasteiger charge is -2.25. The lowest BCUT2D eigenvalue weighted by molar-refractivity contribution is 0.0341. The Bertz CT molecular complexity index is 458. The third kappa shape index (κ3) is 5.03. The van der Waals surface area contributed by atoms with Crippen molar-refractivity contribution < 1.29 is 14.3 Å². The van der Waals surface area contributed by atoms with Crippen LogP contribution in [0, 0.1) is 6.92 Å².